The number of nitrogens with one attached hydrogen (secondary N) is 2. The summed E-state index contributed by atoms with van der Waals surface area (Å²) in [4.78, 5) is 37.3. The lowest BCUT2D eigenvalue weighted by Crippen LogP contribution is -2.53. The van der Waals surface area contributed by atoms with E-state index in [1.54, 1.807) is 25.1 Å². The maximum Gasteiger partial charge on any atom is 0.404 e. The average molecular weight is 484 g/mol. The molecule has 1 aromatic carbocycles. The van der Waals surface area contributed by atoms with E-state index in [9.17, 15) is 14.9 Å². The number of carboxylic acid groups (broad SMARTS) is 1. The first kappa shape index (κ1) is 23.1. The third-order valence-corrected chi connectivity index (χ3v) is 5.98. The van der Waals surface area contributed by atoms with E-state index in [2.05, 4.69) is 20.6 Å². The standard InChI is InChI=1S/C21H22ClN9O3/c1-11(27-18-13(9-23)17(24)25-10-26-18)19-29-15-4-2-3-14(22)16(15)20(32)31(19)30-7-5-12(6-8-30)28-21(33)34/h2-4,10-12,28H,5-8H2,1H3,(H,33,34)(H3,24,25,26,27). The zero-order valence-electron chi connectivity index (χ0n) is 18.2. The van der Waals surface area contributed by atoms with E-state index >= 15 is 0 Å². The Morgan fingerprint density at radius 2 is 2.09 bits per heavy atom. The predicted molar refractivity (Wildman–Crippen MR) is 126 cm³/mol. The number of benzene rings is 1. The zero-order chi connectivity index (χ0) is 24.4. The second-order valence-corrected chi connectivity index (χ2v) is 8.27. The number of aromatic nitrogens is 4. The molecule has 4 rings (SSSR count). The molecule has 1 saturated heterocycles. The molecule has 3 heterocycles. The van der Waals surface area contributed by atoms with Gasteiger partial charge in [-0.15, -0.1) is 0 Å². The number of fused-ring (bicyclic) bond motifs is 1. The maximum absolute atomic E-state index is 13.6. The van der Waals surface area contributed by atoms with E-state index < -0.39 is 12.1 Å². The summed E-state index contributed by atoms with van der Waals surface area (Å²) in [5, 5.41) is 26.5. The summed E-state index contributed by atoms with van der Waals surface area (Å²) < 4.78 is 1.47. The number of amides is 1. The molecule has 0 radical (unpaired) electrons. The number of hydrogen-bond donors (Lipinski definition) is 4. The molecular formula is C21H22ClN9O3. The number of nitrogens with two attached hydrogens (primary N) is 1. The number of piperidine rings is 1. The molecule has 1 amide bonds. The first-order valence-electron chi connectivity index (χ1n) is 10.5. The van der Waals surface area contributed by atoms with Gasteiger partial charge in [-0.3, -0.25) is 4.79 Å². The van der Waals surface area contributed by atoms with Gasteiger partial charge in [-0.25, -0.2) is 24.4 Å². The fourth-order valence-corrected chi connectivity index (χ4v) is 4.28. The summed E-state index contributed by atoms with van der Waals surface area (Å²) >= 11 is 6.34. The average Bonchev–Trinajstić information content (AvgIpc) is 2.79. The Bertz CT molecular complexity index is 1350. The van der Waals surface area contributed by atoms with Crippen LogP contribution in [0.15, 0.2) is 29.3 Å². The quantitative estimate of drug-likeness (QED) is 0.418. The molecular weight excluding hydrogens is 462 g/mol. The van der Waals surface area contributed by atoms with Crippen LogP contribution in [-0.2, 0) is 0 Å². The molecule has 0 bridgehead atoms. The number of halogens is 1. The van der Waals surface area contributed by atoms with Crippen molar-refractivity contribution in [2.24, 2.45) is 0 Å². The van der Waals surface area contributed by atoms with Crippen molar-refractivity contribution in [3.05, 3.63) is 51.3 Å². The van der Waals surface area contributed by atoms with Crippen molar-refractivity contribution in [3.8, 4) is 6.07 Å². The molecule has 1 fully saturated rings. The van der Waals surface area contributed by atoms with Gasteiger partial charge in [0.25, 0.3) is 5.56 Å². The summed E-state index contributed by atoms with van der Waals surface area (Å²) in [5.74, 6) is 0.639. The van der Waals surface area contributed by atoms with Gasteiger partial charge in [-0.1, -0.05) is 17.7 Å². The molecule has 1 atom stereocenters. The van der Waals surface area contributed by atoms with Gasteiger partial charge in [0.15, 0.2) is 5.82 Å². The highest BCUT2D eigenvalue weighted by Crippen LogP contribution is 2.25. The van der Waals surface area contributed by atoms with Gasteiger partial charge in [0, 0.05) is 19.1 Å². The summed E-state index contributed by atoms with van der Waals surface area (Å²) in [7, 11) is 0. The van der Waals surface area contributed by atoms with Crippen LogP contribution < -0.4 is 26.9 Å². The van der Waals surface area contributed by atoms with Crippen LogP contribution in [0.1, 0.15) is 37.2 Å². The molecule has 13 heteroatoms. The van der Waals surface area contributed by atoms with Crippen LogP contribution in [0.5, 0.6) is 0 Å². The molecule has 0 saturated carbocycles. The Morgan fingerprint density at radius 1 is 1.35 bits per heavy atom. The third-order valence-electron chi connectivity index (χ3n) is 5.66. The lowest BCUT2D eigenvalue weighted by molar-refractivity contribution is 0.186. The summed E-state index contributed by atoms with van der Waals surface area (Å²) in [6.45, 7) is 2.63. The van der Waals surface area contributed by atoms with Crippen molar-refractivity contribution >= 4 is 40.2 Å². The topological polar surface area (TPSA) is 175 Å². The number of rotatable bonds is 5. The minimum Gasteiger partial charge on any atom is -0.465 e. The number of carbonyl (C=O) groups is 1. The van der Waals surface area contributed by atoms with Crippen LogP contribution in [0.25, 0.3) is 10.9 Å². The second-order valence-electron chi connectivity index (χ2n) is 7.86. The van der Waals surface area contributed by atoms with Gasteiger partial charge in [0.05, 0.1) is 22.0 Å². The van der Waals surface area contributed by atoms with Crippen LogP contribution in [0.3, 0.4) is 0 Å². The number of nitrogens with zero attached hydrogens (tertiary/aromatic N) is 6. The first-order valence-corrected chi connectivity index (χ1v) is 10.9. The highest BCUT2D eigenvalue weighted by Gasteiger charge is 2.27. The normalized spacial score (nSPS) is 15.0. The Balaban J connectivity index is 1.77. The highest BCUT2D eigenvalue weighted by molar-refractivity contribution is 6.35. The van der Waals surface area contributed by atoms with E-state index in [4.69, 9.17) is 27.4 Å². The fourth-order valence-electron chi connectivity index (χ4n) is 4.03. The Hall–Kier alpha value is -4.11. The molecule has 176 valence electrons. The largest absolute Gasteiger partial charge is 0.465 e. The molecule has 34 heavy (non-hydrogen) atoms. The summed E-state index contributed by atoms with van der Waals surface area (Å²) in [6.07, 6.45) is 1.20. The molecule has 2 aromatic heterocycles. The molecule has 0 spiro atoms. The van der Waals surface area contributed by atoms with Gasteiger partial charge >= 0.3 is 6.09 Å². The van der Waals surface area contributed by atoms with E-state index in [1.165, 1.54) is 11.0 Å². The smallest absolute Gasteiger partial charge is 0.404 e. The molecule has 1 unspecified atom stereocenters. The minimum atomic E-state index is -1.08. The number of nitriles is 1. The Morgan fingerprint density at radius 3 is 2.76 bits per heavy atom. The van der Waals surface area contributed by atoms with E-state index in [0.29, 0.717) is 37.3 Å². The van der Waals surface area contributed by atoms with Gasteiger partial charge < -0.3 is 26.5 Å². The van der Waals surface area contributed by atoms with Crippen LogP contribution >= 0.6 is 11.6 Å². The number of anilines is 2. The highest BCUT2D eigenvalue weighted by atomic mass is 35.5. The van der Waals surface area contributed by atoms with Crippen molar-refractivity contribution in [3.63, 3.8) is 0 Å². The first-order chi connectivity index (χ1) is 16.3. The van der Waals surface area contributed by atoms with Crippen LogP contribution in [0.2, 0.25) is 5.02 Å². The van der Waals surface area contributed by atoms with E-state index in [0.717, 1.165) is 0 Å². The predicted octanol–water partition coefficient (Wildman–Crippen LogP) is 1.83. The van der Waals surface area contributed by atoms with Crippen LogP contribution in [-0.4, -0.2) is 50.0 Å². The molecule has 3 aromatic rings. The van der Waals surface area contributed by atoms with Crippen molar-refractivity contribution in [1.82, 2.24) is 24.9 Å². The van der Waals surface area contributed by atoms with E-state index in [1.807, 2.05) is 11.1 Å². The van der Waals surface area contributed by atoms with E-state index in [-0.39, 0.29) is 39.2 Å². The SMILES string of the molecule is CC(Nc1ncnc(N)c1C#N)c1nc2cccc(Cl)c2c(=O)n1N1CCC(NC(=O)O)CC1. The van der Waals surface area contributed by atoms with Gasteiger partial charge in [-0.2, -0.15) is 5.26 Å². The molecule has 1 aliphatic rings. The Kier molecular flexibility index (Phi) is 6.38. The van der Waals surface area contributed by atoms with Crippen molar-refractivity contribution in [1.29, 1.82) is 5.26 Å². The zero-order valence-corrected chi connectivity index (χ0v) is 19.0. The Labute approximate surface area is 199 Å². The molecule has 5 N–H and O–H groups in total. The number of nitrogen functional groups attached to an aromatic ring is 1. The minimum absolute atomic E-state index is 0.0378. The van der Waals surface area contributed by atoms with Gasteiger partial charge in [0.1, 0.15) is 29.6 Å². The van der Waals surface area contributed by atoms with Crippen LogP contribution in [0, 0.1) is 11.3 Å². The molecule has 0 aliphatic carbocycles. The van der Waals surface area contributed by atoms with Crippen molar-refractivity contribution in [2.45, 2.75) is 31.8 Å². The maximum atomic E-state index is 13.6. The second kappa shape index (κ2) is 9.40. The third kappa shape index (κ3) is 4.38. The van der Waals surface area contributed by atoms with Crippen molar-refractivity contribution < 1.29 is 9.90 Å². The van der Waals surface area contributed by atoms with Crippen molar-refractivity contribution in [2.75, 3.05) is 29.1 Å². The summed E-state index contributed by atoms with van der Waals surface area (Å²) in [6, 6.07) is 6.26. The van der Waals surface area contributed by atoms with Gasteiger partial charge in [-0.05, 0) is 31.9 Å². The van der Waals surface area contributed by atoms with Crippen LogP contribution in [0.4, 0.5) is 16.4 Å². The molecule has 12 nitrogen and oxygen atoms in total. The lowest BCUT2D eigenvalue weighted by Gasteiger charge is -2.36. The number of hydrogen-bond acceptors (Lipinski definition) is 9. The monoisotopic (exact) mass is 483 g/mol. The molecule has 1 aliphatic heterocycles. The fraction of sp³-hybridized carbons (Fsp3) is 0.333. The van der Waals surface area contributed by atoms with Gasteiger partial charge in [0.2, 0.25) is 0 Å². The lowest BCUT2D eigenvalue weighted by atomic mass is 10.1. The summed E-state index contributed by atoms with van der Waals surface area (Å²) in [5.41, 5.74) is 5.98.